The third kappa shape index (κ3) is 4.95. The van der Waals surface area contributed by atoms with E-state index >= 15 is 0 Å². The maximum Gasteiger partial charge on any atom is 0.242 e. The summed E-state index contributed by atoms with van der Waals surface area (Å²) in [6, 6.07) is 10.1. The monoisotopic (exact) mass is 440 g/mol. The molecular weight excluding hydrogens is 408 g/mol. The molecule has 0 N–H and O–H groups in total. The Hall–Kier alpha value is -2.34. The zero-order chi connectivity index (χ0) is 22.0. The highest BCUT2D eigenvalue weighted by Gasteiger charge is 2.38. The van der Waals surface area contributed by atoms with Gasteiger partial charge in [-0.05, 0) is 68.7 Å². The minimum atomic E-state index is -0.126. The maximum atomic E-state index is 13.5. The number of thiophene rings is 1. The Labute approximate surface area is 189 Å². The Kier molecular flexibility index (Phi) is 6.65. The summed E-state index contributed by atoms with van der Waals surface area (Å²) in [7, 11) is 0. The molecule has 2 atom stereocenters. The minimum absolute atomic E-state index is 0.0173. The SMILES string of the molecule is CC[C@@H](C)N(CC(=O)N1CCc2sccc2[C@H]1COc1ccc(C)cc1)C(=O)C1CC1. The summed E-state index contributed by atoms with van der Waals surface area (Å²) in [5.41, 5.74) is 2.37. The van der Waals surface area contributed by atoms with Crippen LogP contribution < -0.4 is 4.74 Å². The predicted octanol–water partition coefficient (Wildman–Crippen LogP) is 4.60. The quantitative estimate of drug-likeness (QED) is 0.603. The molecule has 5 nitrogen and oxygen atoms in total. The Morgan fingerprint density at radius 2 is 1.97 bits per heavy atom. The molecule has 1 aliphatic heterocycles. The first-order valence-corrected chi connectivity index (χ1v) is 12.2. The standard InChI is InChI=1S/C25H32N2O3S/c1-4-18(3)27(25(29)19-7-8-19)15-24(28)26-13-11-23-21(12-14-31-23)22(26)16-30-20-9-5-17(2)6-10-20/h5-6,9-10,12,14,18-19,22H,4,7-8,11,13,15-16H2,1-3H3/t18-,22-/m1/s1. The van der Waals surface area contributed by atoms with Crippen molar-refractivity contribution in [1.29, 1.82) is 0 Å². The van der Waals surface area contributed by atoms with Gasteiger partial charge in [-0.2, -0.15) is 0 Å². The van der Waals surface area contributed by atoms with E-state index in [4.69, 9.17) is 4.74 Å². The number of rotatable bonds is 8. The Bertz CT molecular complexity index is 919. The van der Waals surface area contributed by atoms with E-state index in [0.29, 0.717) is 13.2 Å². The second-order valence-electron chi connectivity index (χ2n) is 8.77. The van der Waals surface area contributed by atoms with Crippen LogP contribution in [0.3, 0.4) is 0 Å². The van der Waals surface area contributed by atoms with Crippen LogP contribution in [0.2, 0.25) is 0 Å². The molecule has 4 rings (SSSR count). The molecule has 2 amide bonds. The van der Waals surface area contributed by atoms with Gasteiger partial charge in [0.1, 0.15) is 18.9 Å². The first-order valence-electron chi connectivity index (χ1n) is 11.3. The molecule has 0 unspecified atom stereocenters. The number of amides is 2. The lowest BCUT2D eigenvalue weighted by Gasteiger charge is -2.38. The molecule has 0 spiro atoms. The van der Waals surface area contributed by atoms with E-state index in [1.54, 1.807) is 16.2 Å². The summed E-state index contributed by atoms with van der Waals surface area (Å²) in [5, 5.41) is 2.10. The van der Waals surface area contributed by atoms with Crippen molar-refractivity contribution >= 4 is 23.2 Å². The fourth-order valence-electron chi connectivity index (χ4n) is 4.16. The van der Waals surface area contributed by atoms with Crippen LogP contribution in [0.15, 0.2) is 35.7 Å². The summed E-state index contributed by atoms with van der Waals surface area (Å²) in [6.07, 6.45) is 3.62. The van der Waals surface area contributed by atoms with Crippen molar-refractivity contribution in [3.63, 3.8) is 0 Å². The van der Waals surface area contributed by atoms with Crippen LogP contribution in [0.4, 0.5) is 0 Å². The number of hydrogen-bond donors (Lipinski definition) is 0. The highest BCUT2D eigenvalue weighted by Crippen LogP contribution is 2.35. The van der Waals surface area contributed by atoms with Gasteiger partial charge in [-0.1, -0.05) is 24.6 Å². The molecule has 2 heterocycles. The fraction of sp³-hybridized carbons (Fsp3) is 0.520. The van der Waals surface area contributed by atoms with Gasteiger partial charge in [-0.15, -0.1) is 11.3 Å². The third-order valence-corrected chi connectivity index (χ3v) is 7.48. The largest absolute Gasteiger partial charge is 0.491 e. The van der Waals surface area contributed by atoms with Crippen LogP contribution in [0.5, 0.6) is 5.75 Å². The molecule has 1 aromatic heterocycles. The number of fused-ring (bicyclic) bond motifs is 1. The van der Waals surface area contributed by atoms with E-state index in [1.165, 1.54) is 16.0 Å². The van der Waals surface area contributed by atoms with E-state index in [9.17, 15) is 9.59 Å². The third-order valence-electron chi connectivity index (χ3n) is 6.48. The van der Waals surface area contributed by atoms with Crippen LogP contribution >= 0.6 is 11.3 Å². The first-order chi connectivity index (χ1) is 15.0. The minimum Gasteiger partial charge on any atom is -0.491 e. The van der Waals surface area contributed by atoms with Gasteiger partial charge in [0.15, 0.2) is 0 Å². The Morgan fingerprint density at radius 3 is 2.65 bits per heavy atom. The normalized spacial score (nSPS) is 18.9. The van der Waals surface area contributed by atoms with E-state index in [0.717, 1.165) is 31.4 Å². The Balaban J connectivity index is 1.50. The van der Waals surface area contributed by atoms with Crippen LogP contribution in [-0.4, -0.2) is 47.4 Å². The molecule has 2 aliphatic rings. The summed E-state index contributed by atoms with van der Waals surface area (Å²) < 4.78 is 6.11. The molecule has 31 heavy (non-hydrogen) atoms. The fourth-order valence-corrected chi connectivity index (χ4v) is 5.09. The molecule has 0 bridgehead atoms. The van der Waals surface area contributed by atoms with Gasteiger partial charge in [0.25, 0.3) is 0 Å². The lowest BCUT2D eigenvalue weighted by atomic mass is 10.00. The summed E-state index contributed by atoms with van der Waals surface area (Å²) in [4.78, 5) is 31.4. The van der Waals surface area contributed by atoms with Crippen molar-refractivity contribution in [3.05, 3.63) is 51.7 Å². The van der Waals surface area contributed by atoms with Crippen LogP contribution in [-0.2, 0) is 16.0 Å². The first kappa shape index (κ1) is 21.9. The molecule has 1 fully saturated rings. The number of aryl methyl sites for hydroxylation is 1. The van der Waals surface area contributed by atoms with Gasteiger partial charge < -0.3 is 14.5 Å². The molecule has 0 radical (unpaired) electrons. The van der Waals surface area contributed by atoms with Crippen molar-refractivity contribution in [2.24, 2.45) is 5.92 Å². The molecule has 1 aromatic carbocycles. The van der Waals surface area contributed by atoms with Crippen molar-refractivity contribution in [1.82, 2.24) is 9.80 Å². The number of nitrogens with zero attached hydrogens (tertiary/aromatic N) is 2. The van der Waals surface area contributed by atoms with E-state index in [-0.39, 0.29) is 36.4 Å². The smallest absolute Gasteiger partial charge is 0.242 e. The lowest BCUT2D eigenvalue weighted by molar-refractivity contribution is -0.145. The highest BCUT2D eigenvalue weighted by molar-refractivity contribution is 7.10. The molecule has 6 heteroatoms. The average molecular weight is 441 g/mol. The molecule has 0 saturated heterocycles. The number of hydrogen-bond acceptors (Lipinski definition) is 4. The molecule has 166 valence electrons. The van der Waals surface area contributed by atoms with E-state index < -0.39 is 0 Å². The zero-order valence-electron chi connectivity index (χ0n) is 18.7. The highest BCUT2D eigenvalue weighted by atomic mass is 32.1. The molecular formula is C25H32N2O3S. The van der Waals surface area contributed by atoms with Gasteiger partial charge >= 0.3 is 0 Å². The lowest BCUT2D eigenvalue weighted by Crippen LogP contribution is -2.50. The van der Waals surface area contributed by atoms with Gasteiger partial charge in [-0.25, -0.2) is 0 Å². The molecule has 1 saturated carbocycles. The van der Waals surface area contributed by atoms with Crippen LogP contribution in [0.25, 0.3) is 0 Å². The van der Waals surface area contributed by atoms with E-state index in [2.05, 4.69) is 25.3 Å². The zero-order valence-corrected chi connectivity index (χ0v) is 19.5. The second-order valence-corrected chi connectivity index (χ2v) is 9.77. The van der Waals surface area contributed by atoms with Crippen LogP contribution in [0.1, 0.15) is 55.2 Å². The summed E-state index contributed by atoms with van der Waals surface area (Å²) in [5.74, 6) is 1.09. The van der Waals surface area contributed by atoms with E-state index in [1.807, 2.05) is 36.1 Å². The number of ether oxygens (including phenoxy) is 1. The van der Waals surface area contributed by atoms with Crippen LogP contribution in [0, 0.1) is 12.8 Å². The van der Waals surface area contributed by atoms with Crippen molar-refractivity contribution < 1.29 is 14.3 Å². The number of carbonyl (C=O) groups is 2. The maximum absolute atomic E-state index is 13.5. The topological polar surface area (TPSA) is 49.9 Å². The number of carbonyl (C=O) groups excluding carboxylic acids is 2. The van der Waals surface area contributed by atoms with Gasteiger partial charge in [-0.3, -0.25) is 9.59 Å². The number of benzene rings is 1. The van der Waals surface area contributed by atoms with Crippen molar-refractivity contribution in [3.8, 4) is 5.75 Å². The Morgan fingerprint density at radius 1 is 1.23 bits per heavy atom. The summed E-state index contributed by atoms with van der Waals surface area (Å²) >= 11 is 1.75. The van der Waals surface area contributed by atoms with Gasteiger partial charge in [0.05, 0.1) is 6.04 Å². The summed E-state index contributed by atoms with van der Waals surface area (Å²) in [6.45, 7) is 7.40. The average Bonchev–Trinajstić information content (AvgIpc) is 3.52. The van der Waals surface area contributed by atoms with Crippen molar-refractivity contribution in [2.75, 3.05) is 19.7 Å². The second kappa shape index (κ2) is 9.43. The molecule has 2 aromatic rings. The van der Waals surface area contributed by atoms with Crippen molar-refractivity contribution in [2.45, 2.75) is 58.5 Å². The predicted molar refractivity (Wildman–Crippen MR) is 123 cm³/mol. The van der Waals surface area contributed by atoms with Gasteiger partial charge in [0, 0.05) is 23.4 Å². The molecule has 1 aliphatic carbocycles. The van der Waals surface area contributed by atoms with Gasteiger partial charge in [0.2, 0.25) is 11.8 Å².